The van der Waals surface area contributed by atoms with Gasteiger partial charge < -0.3 is 10.1 Å². The molecule has 2 nitrogen and oxygen atoms in total. The van der Waals surface area contributed by atoms with Gasteiger partial charge in [-0.2, -0.15) is 0 Å². The second kappa shape index (κ2) is 7.53. The van der Waals surface area contributed by atoms with Crippen molar-refractivity contribution in [3.05, 3.63) is 120 Å². The average Bonchev–Trinajstić information content (AvgIpc) is 2.84. The molecule has 0 aromatic heterocycles. The molecular weight excluding hydrogens is 402 g/mol. The first kappa shape index (κ1) is 19.6. The van der Waals surface area contributed by atoms with Crippen LogP contribution in [0.1, 0.15) is 25.0 Å². The van der Waals surface area contributed by atoms with E-state index in [9.17, 15) is 0 Å². The van der Waals surface area contributed by atoms with Crippen molar-refractivity contribution in [2.75, 3.05) is 5.32 Å². The quantitative estimate of drug-likeness (QED) is 0.311. The van der Waals surface area contributed by atoms with Crippen LogP contribution in [0.2, 0.25) is 0 Å². The third-order valence-electron chi connectivity index (χ3n) is 6.71. The van der Waals surface area contributed by atoms with Crippen molar-refractivity contribution < 1.29 is 4.74 Å². The Morgan fingerprint density at radius 1 is 0.606 bits per heavy atom. The third-order valence-corrected chi connectivity index (χ3v) is 6.71. The molecule has 1 heterocycles. The Bertz CT molecular complexity index is 1480. The largest absolute Gasteiger partial charge is 0.457 e. The molecule has 0 radical (unpaired) electrons. The van der Waals surface area contributed by atoms with E-state index in [1.165, 1.54) is 33.0 Å². The van der Waals surface area contributed by atoms with Gasteiger partial charge in [-0.1, -0.05) is 92.7 Å². The van der Waals surface area contributed by atoms with Crippen LogP contribution in [0.15, 0.2) is 109 Å². The van der Waals surface area contributed by atoms with Gasteiger partial charge in [-0.3, -0.25) is 0 Å². The minimum Gasteiger partial charge on any atom is -0.457 e. The van der Waals surface area contributed by atoms with E-state index in [0.717, 1.165) is 22.9 Å². The van der Waals surface area contributed by atoms with E-state index < -0.39 is 0 Å². The maximum atomic E-state index is 6.27. The molecule has 0 fully saturated rings. The lowest BCUT2D eigenvalue weighted by molar-refractivity contribution is 0.418. The Labute approximate surface area is 194 Å². The summed E-state index contributed by atoms with van der Waals surface area (Å²) in [7, 11) is 0. The van der Waals surface area contributed by atoms with Crippen LogP contribution in [-0.4, -0.2) is 0 Å². The molecule has 160 valence electrons. The lowest BCUT2D eigenvalue weighted by atomic mass is 9.76. The SMILES string of the molecule is CC1(C)c2ccccc2Oc2cc(Nc3ccc(-c4cccc5ccccc45)cc3)ccc21. The molecule has 6 rings (SSSR count). The van der Waals surface area contributed by atoms with Gasteiger partial charge in [0, 0.05) is 34.0 Å². The van der Waals surface area contributed by atoms with Crippen molar-refractivity contribution in [3.8, 4) is 22.6 Å². The summed E-state index contributed by atoms with van der Waals surface area (Å²) in [5.41, 5.74) is 6.87. The highest BCUT2D eigenvalue weighted by Gasteiger charge is 2.33. The van der Waals surface area contributed by atoms with Crippen molar-refractivity contribution in [3.63, 3.8) is 0 Å². The van der Waals surface area contributed by atoms with Gasteiger partial charge in [-0.05, 0) is 46.2 Å². The fourth-order valence-corrected chi connectivity index (χ4v) is 4.91. The molecule has 1 N–H and O–H groups in total. The standard InChI is InChI=1S/C31H25NO/c1-31(2)27-12-5-6-13-29(27)33-30-20-24(18-19-28(30)31)32-23-16-14-22(15-17-23)26-11-7-9-21-8-3-4-10-25(21)26/h3-20,32H,1-2H3. The van der Waals surface area contributed by atoms with E-state index in [2.05, 4.69) is 116 Å². The van der Waals surface area contributed by atoms with Gasteiger partial charge in [0.1, 0.15) is 11.5 Å². The minimum atomic E-state index is -0.0944. The van der Waals surface area contributed by atoms with Gasteiger partial charge in [-0.15, -0.1) is 0 Å². The molecule has 0 amide bonds. The molecule has 1 aliphatic heterocycles. The topological polar surface area (TPSA) is 21.3 Å². The number of anilines is 2. The number of benzene rings is 5. The van der Waals surface area contributed by atoms with Crippen molar-refractivity contribution in [1.82, 2.24) is 0 Å². The Hall–Kier alpha value is -4.04. The van der Waals surface area contributed by atoms with Gasteiger partial charge in [0.25, 0.3) is 0 Å². The fraction of sp³-hybridized carbons (Fsp3) is 0.0968. The molecule has 5 aromatic rings. The number of hydrogen-bond acceptors (Lipinski definition) is 2. The van der Waals surface area contributed by atoms with Gasteiger partial charge in [0.05, 0.1) is 0 Å². The maximum Gasteiger partial charge on any atom is 0.133 e. The number of para-hydroxylation sites is 1. The molecule has 5 aromatic carbocycles. The summed E-state index contributed by atoms with van der Waals surface area (Å²) in [4.78, 5) is 0. The summed E-state index contributed by atoms with van der Waals surface area (Å²) in [6.07, 6.45) is 0. The summed E-state index contributed by atoms with van der Waals surface area (Å²) in [6.45, 7) is 4.51. The molecule has 1 aliphatic rings. The zero-order valence-electron chi connectivity index (χ0n) is 18.8. The molecule has 0 atom stereocenters. The van der Waals surface area contributed by atoms with Crippen LogP contribution in [0.5, 0.6) is 11.5 Å². The Morgan fingerprint density at radius 3 is 2.18 bits per heavy atom. The zero-order chi connectivity index (χ0) is 22.4. The summed E-state index contributed by atoms with van der Waals surface area (Å²) in [6, 6.07) is 38.3. The Morgan fingerprint density at radius 2 is 1.30 bits per heavy atom. The first-order valence-electron chi connectivity index (χ1n) is 11.4. The number of fused-ring (bicyclic) bond motifs is 3. The predicted octanol–water partition coefficient (Wildman–Crippen LogP) is 8.68. The van der Waals surface area contributed by atoms with Crippen LogP contribution in [-0.2, 0) is 5.41 Å². The van der Waals surface area contributed by atoms with Gasteiger partial charge in [-0.25, -0.2) is 0 Å². The average molecular weight is 428 g/mol. The first-order valence-corrected chi connectivity index (χ1v) is 11.4. The van der Waals surface area contributed by atoms with Crippen molar-refractivity contribution in [2.45, 2.75) is 19.3 Å². The Kier molecular flexibility index (Phi) is 4.48. The highest BCUT2D eigenvalue weighted by Crippen LogP contribution is 2.48. The summed E-state index contributed by atoms with van der Waals surface area (Å²) in [5.74, 6) is 1.85. The van der Waals surface area contributed by atoms with E-state index in [0.29, 0.717) is 0 Å². The normalized spacial score (nSPS) is 13.6. The molecule has 0 saturated carbocycles. The van der Waals surface area contributed by atoms with Crippen LogP contribution in [0.3, 0.4) is 0 Å². The predicted molar refractivity (Wildman–Crippen MR) is 138 cm³/mol. The van der Waals surface area contributed by atoms with E-state index in [-0.39, 0.29) is 5.41 Å². The van der Waals surface area contributed by atoms with E-state index in [1.807, 2.05) is 12.1 Å². The summed E-state index contributed by atoms with van der Waals surface area (Å²) in [5, 5.41) is 6.07. The Balaban J connectivity index is 1.29. The maximum absolute atomic E-state index is 6.27. The molecule has 0 bridgehead atoms. The molecule has 0 unspecified atom stereocenters. The molecule has 0 spiro atoms. The zero-order valence-corrected chi connectivity index (χ0v) is 18.8. The summed E-state index contributed by atoms with van der Waals surface area (Å²) < 4.78 is 6.27. The highest BCUT2D eigenvalue weighted by atomic mass is 16.5. The molecule has 0 aliphatic carbocycles. The van der Waals surface area contributed by atoms with Crippen LogP contribution >= 0.6 is 0 Å². The smallest absolute Gasteiger partial charge is 0.133 e. The third kappa shape index (κ3) is 3.35. The van der Waals surface area contributed by atoms with Crippen molar-refractivity contribution >= 4 is 22.1 Å². The first-order chi connectivity index (χ1) is 16.1. The van der Waals surface area contributed by atoms with Crippen LogP contribution in [0.25, 0.3) is 21.9 Å². The van der Waals surface area contributed by atoms with E-state index >= 15 is 0 Å². The highest BCUT2D eigenvalue weighted by molar-refractivity contribution is 5.96. The van der Waals surface area contributed by atoms with Gasteiger partial charge >= 0.3 is 0 Å². The second-order valence-corrected chi connectivity index (χ2v) is 9.16. The van der Waals surface area contributed by atoms with Gasteiger partial charge in [0.2, 0.25) is 0 Å². The van der Waals surface area contributed by atoms with E-state index in [4.69, 9.17) is 4.74 Å². The van der Waals surface area contributed by atoms with Crippen LogP contribution in [0.4, 0.5) is 11.4 Å². The lowest BCUT2D eigenvalue weighted by Gasteiger charge is -2.34. The monoisotopic (exact) mass is 427 g/mol. The number of hydrogen-bond donors (Lipinski definition) is 1. The van der Waals surface area contributed by atoms with Gasteiger partial charge in [0.15, 0.2) is 0 Å². The minimum absolute atomic E-state index is 0.0944. The fourth-order valence-electron chi connectivity index (χ4n) is 4.91. The van der Waals surface area contributed by atoms with Crippen LogP contribution in [0, 0.1) is 0 Å². The number of ether oxygens (including phenoxy) is 1. The van der Waals surface area contributed by atoms with Crippen molar-refractivity contribution in [2.24, 2.45) is 0 Å². The molecule has 0 saturated heterocycles. The lowest BCUT2D eigenvalue weighted by Crippen LogP contribution is -2.24. The summed E-state index contributed by atoms with van der Waals surface area (Å²) >= 11 is 0. The molecular formula is C31H25NO. The second-order valence-electron chi connectivity index (χ2n) is 9.16. The molecule has 2 heteroatoms. The number of nitrogens with one attached hydrogen (secondary N) is 1. The van der Waals surface area contributed by atoms with E-state index in [1.54, 1.807) is 0 Å². The molecule has 33 heavy (non-hydrogen) atoms. The van der Waals surface area contributed by atoms with Crippen LogP contribution < -0.4 is 10.1 Å². The van der Waals surface area contributed by atoms with Crippen molar-refractivity contribution in [1.29, 1.82) is 0 Å². The number of rotatable bonds is 3.